The summed E-state index contributed by atoms with van der Waals surface area (Å²) in [4.78, 5) is 0.0299. The van der Waals surface area contributed by atoms with Crippen molar-refractivity contribution in [1.29, 1.82) is 0 Å². The number of benzene rings is 2. The van der Waals surface area contributed by atoms with Gasteiger partial charge in [0.05, 0.1) is 10.5 Å². The Balaban J connectivity index is 2.54. The Hall–Kier alpha value is -2.02. The SMILES string of the molecule is CC(C)(C)c1cc(C(C)(C)C)cc(S(=O)(=O)Nc2cccc(C(F)(F)F)c2)c1. The Morgan fingerprint density at radius 3 is 1.68 bits per heavy atom. The molecule has 7 heteroatoms. The Morgan fingerprint density at radius 2 is 1.25 bits per heavy atom. The first kappa shape index (κ1) is 22.3. The second-order valence-electron chi connectivity index (χ2n) is 8.93. The molecule has 2 rings (SSSR count). The first-order valence-corrected chi connectivity index (χ1v) is 10.3. The summed E-state index contributed by atoms with van der Waals surface area (Å²) in [6.45, 7) is 11.9. The monoisotopic (exact) mass is 413 g/mol. The molecule has 0 aromatic heterocycles. The molecule has 0 aliphatic carbocycles. The topological polar surface area (TPSA) is 46.2 Å². The van der Waals surface area contributed by atoms with Crippen LogP contribution in [0.5, 0.6) is 0 Å². The van der Waals surface area contributed by atoms with Crippen LogP contribution in [0.15, 0.2) is 47.4 Å². The second-order valence-corrected chi connectivity index (χ2v) is 10.6. The zero-order chi connectivity index (χ0) is 21.5. The Kier molecular flexibility index (Phi) is 5.65. The molecular formula is C21H26F3NO2S. The Labute approximate surface area is 165 Å². The number of nitrogens with one attached hydrogen (secondary N) is 1. The van der Waals surface area contributed by atoms with E-state index >= 15 is 0 Å². The van der Waals surface area contributed by atoms with Crippen molar-refractivity contribution in [2.24, 2.45) is 0 Å². The fourth-order valence-electron chi connectivity index (χ4n) is 2.59. The van der Waals surface area contributed by atoms with E-state index < -0.39 is 21.8 Å². The highest BCUT2D eigenvalue weighted by atomic mass is 32.2. The van der Waals surface area contributed by atoms with E-state index in [1.807, 2.05) is 47.6 Å². The molecule has 0 unspecified atom stereocenters. The minimum atomic E-state index is -4.55. The predicted octanol–water partition coefficient (Wildman–Crippen LogP) is 6.10. The van der Waals surface area contributed by atoms with Gasteiger partial charge in [0.15, 0.2) is 0 Å². The van der Waals surface area contributed by atoms with Crippen LogP contribution in [0.25, 0.3) is 0 Å². The van der Waals surface area contributed by atoms with Crippen LogP contribution in [-0.2, 0) is 27.0 Å². The van der Waals surface area contributed by atoms with Gasteiger partial charge in [-0.05, 0) is 52.3 Å². The van der Waals surface area contributed by atoms with Gasteiger partial charge in [-0.3, -0.25) is 4.72 Å². The van der Waals surface area contributed by atoms with Crippen molar-refractivity contribution in [3.63, 3.8) is 0 Å². The molecule has 1 N–H and O–H groups in total. The van der Waals surface area contributed by atoms with Crippen LogP contribution in [0.3, 0.4) is 0 Å². The van der Waals surface area contributed by atoms with Crippen LogP contribution in [-0.4, -0.2) is 8.42 Å². The first-order valence-electron chi connectivity index (χ1n) is 8.86. The molecule has 2 aromatic rings. The fourth-order valence-corrected chi connectivity index (χ4v) is 3.71. The van der Waals surface area contributed by atoms with Crippen molar-refractivity contribution in [2.75, 3.05) is 4.72 Å². The van der Waals surface area contributed by atoms with Crippen molar-refractivity contribution in [3.05, 3.63) is 59.2 Å². The number of sulfonamides is 1. The zero-order valence-corrected chi connectivity index (χ0v) is 17.7. The third-order valence-electron chi connectivity index (χ3n) is 4.39. The average Bonchev–Trinajstić information content (AvgIpc) is 2.52. The lowest BCUT2D eigenvalue weighted by Gasteiger charge is -2.26. The molecule has 0 amide bonds. The van der Waals surface area contributed by atoms with Gasteiger partial charge < -0.3 is 0 Å². The molecule has 0 atom stereocenters. The highest BCUT2D eigenvalue weighted by molar-refractivity contribution is 7.92. The van der Waals surface area contributed by atoms with Gasteiger partial charge in [-0.2, -0.15) is 13.2 Å². The highest BCUT2D eigenvalue weighted by Crippen LogP contribution is 2.34. The number of hydrogen-bond donors (Lipinski definition) is 1. The van der Waals surface area contributed by atoms with Crippen LogP contribution >= 0.6 is 0 Å². The number of halogens is 3. The summed E-state index contributed by atoms with van der Waals surface area (Å²) < 4.78 is 66.9. The van der Waals surface area contributed by atoms with E-state index in [4.69, 9.17) is 0 Å². The van der Waals surface area contributed by atoms with Crippen LogP contribution < -0.4 is 4.72 Å². The van der Waals surface area contributed by atoms with Gasteiger partial charge in [-0.25, -0.2) is 8.42 Å². The van der Waals surface area contributed by atoms with Crippen LogP contribution in [0.4, 0.5) is 18.9 Å². The average molecular weight is 414 g/mol. The van der Waals surface area contributed by atoms with Gasteiger partial charge in [-0.15, -0.1) is 0 Å². The summed E-state index contributed by atoms with van der Waals surface area (Å²) in [5, 5.41) is 0. The summed E-state index contributed by atoms with van der Waals surface area (Å²) in [7, 11) is -4.06. The van der Waals surface area contributed by atoms with Gasteiger partial charge >= 0.3 is 6.18 Å². The van der Waals surface area contributed by atoms with E-state index in [1.165, 1.54) is 12.1 Å². The van der Waals surface area contributed by atoms with E-state index in [0.29, 0.717) is 0 Å². The number of rotatable bonds is 3. The van der Waals surface area contributed by atoms with Gasteiger partial charge in [0.2, 0.25) is 0 Å². The van der Waals surface area contributed by atoms with Crippen molar-refractivity contribution in [3.8, 4) is 0 Å². The summed E-state index contributed by atoms with van der Waals surface area (Å²) >= 11 is 0. The normalized spacial score (nSPS) is 13.5. The van der Waals surface area contributed by atoms with Crippen molar-refractivity contribution < 1.29 is 21.6 Å². The summed E-state index contributed by atoms with van der Waals surface area (Å²) in [6, 6.07) is 9.28. The minimum absolute atomic E-state index is 0.0299. The van der Waals surface area contributed by atoms with E-state index in [-0.39, 0.29) is 21.4 Å². The lowest BCUT2D eigenvalue weighted by molar-refractivity contribution is -0.137. The van der Waals surface area contributed by atoms with Crippen LogP contribution in [0.1, 0.15) is 58.2 Å². The quantitative estimate of drug-likeness (QED) is 0.661. The molecule has 0 heterocycles. The van der Waals surface area contributed by atoms with Crippen molar-refractivity contribution in [2.45, 2.75) is 63.4 Å². The molecule has 3 nitrogen and oxygen atoms in total. The standard InChI is InChI=1S/C21H26F3NO2S/c1-19(2,3)15-10-16(20(4,5)6)13-18(12-15)28(26,27)25-17-9-7-8-14(11-17)21(22,23)24/h7-13,25H,1-6H3. The molecule has 0 aliphatic rings. The van der Waals surface area contributed by atoms with E-state index in [9.17, 15) is 21.6 Å². The van der Waals surface area contributed by atoms with Gasteiger partial charge in [0.25, 0.3) is 10.0 Å². The molecule has 0 radical (unpaired) electrons. The summed E-state index contributed by atoms with van der Waals surface area (Å²) in [5.41, 5.74) is 0.0530. The highest BCUT2D eigenvalue weighted by Gasteiger charge is 2.31. The molecule has 154 valence electrons. The second kappa shape index (κ2) is 7.10. The predicted molar refractivity (Wildman–Crippen MR) is 106 cm³/mol. The maximum absolute atomic E-state index is 12.9. The number of alkyl halides is 3. The third kappa shape index (κ3) is 5.28. The molecule has 0 aliphatic heterocycles. The molecule has 0 fully saturated rings. The maximum atomic E-state index is 12.9. The molecular weight excluding hydrogens is 387 g/mol. The molecule has 0 bridgehead atoms. The molecule has 2 aromatic carbocycles. The summed E-state index contributed by atoms with van der Waals surface area (Å²) in [5.74, 6) is 0. The Morgan fingerprint density at radius 1 is 0.750 bits per heavy atom. The van der Waals surface area contributed by atoms with Crippen molar-refractivity contribution >= 4 is 15.7 Å². The van der Waals surface area contributed by atoms with Gasteiger partial charge in [0, 0.05) is 5.69 Å². The summed E-state index contributed by atoms with van der Waals surface area (Å²) in [6.07, 6.45) is -4.55. The van der Waals surface area contributed by atoms with Gasteiger partial charge in [0.1, 0.15) is 0 Å². The minimum Gasteiger partial charge on any atom is -0.280 e. The van der Waals surface area contributed by atoms with E-state index in [0.717, 1.165) is 23.3 Å². The molecule has 0 spiro atoms. The van der Waals surface area contributed by atoms with Crippen LogP contribution in [0, 0.1) is 0 Å². The number of anilines is 1. The maximum Gasteiger partial charge on any atom is 0.416 e. The van der Waals surface area contributed by atoms with Crippen molar-refractivity contribution in [1.82, 2.24) is 0 Å². The Bertz CT molecular complexity index is 934. The smallest absolute Gasteiger partial charge is 0.280 e. The fraction of sp³-hybridized carbons (Fsp3) is 0.429. The first-order chi connectivity index (χ1) is 12.5. The molecule has 28 heavy (non-hydrogen) atoms. The molecule has 0 saturated heterocycles. The van der Waals surface area contributed by atoms with Crippen LogP contribution in [0.2, 0.25) is 0 Å². The largest absolute Gasteiger partial charge is 0.416 e. The lowest BCUT2D eigenvalue weighted by Crippen LogP contribution is -2.20. The molecule has 0 saturated carbocycles. The van der Waals surface area contributed by atoms with Gasteiger partial charge in [-0.1, -0.05) is 53.7 Å². The van der Waals surface area contributed by atoms with E-state index in [2.05, 4.69) is 4.72 Å². The number of hydrogen-bond acceptors (Lipinski definition) is 2. The van der Waals surface area contributed by atoms with E-state index in [1.54, 1.807) is 12.1 Å². The zero-order valence-electron chi connectivity index (χ0n) is 16.9. The third-order valence-corrected chi connectivity index (χ3v) is 5.75. The lowest BCUT2D eigenvalue weighted by atomic mass is 9.81.